The first-order valence-electron chi connectivity index (χ1n) is 5.27. The van der Waals surface area contributed by atoms with Gasteiger partial charge < -0.3 is 15.5 Å². The predicted molar refractivity (Wildman–Crippen MR) is 60.8 cm³/mol. The molecule has 0 aromatic carbocycles. The number of hydrogen-bond acceptors (Lipinski definition) is 4. The molecule has 16 heavy (non-hydrogen) atoms. The van der Waals surface area contributed by atoms with Crippen LogP contribution in [0.5, 0.6) is 0 Å². The Balaban J connectivity index is 2.56. The number of aryl methyl sites for hydroxylation is 1. The second-order valence-electron chi connectivity index (χ2n) is 4.82. The summed E-state index contributed by atoms with van der Waals surface area (Å²) in [6.45, 7) is 7.34. The second kappa shape index (κ2) is 4.65. The fourth-order valence-corrected chi connectivity index (χ4v) is 1.26. The van der Waals surface area contributed by atoms with E-state index in [1.54, 1.807) is 6.33 Å². The molecule has 90 valence electrons. The van der Waals surface area contributed by atoms with Gasteiger partial charge in [-0.1, -0.05) is 0 Å². The molecule has 0 aliphatic carbocycles. The molecule has 0 amide bonds. The highest BCUT2D eigenvalue weighted by Gasteiger charge is 2.23. The molecule has 5 nitrogen and oxygen atoms in total. The number of imidazole rings is 1. The molecule has 1 aromatic heterocycles. The van der Waals surface area contributed by atoms with Crippen LogP contribution in [0.25, 0.3) is 0 Å². The van der Waals surface area contributed by atoms with Gasteiger partial charge in [-0.3, -0.25) is 4.79 Å². The number of nitrogens with one attached hydrogen (secondary N) is 1. The van der Waals surface area contributed by atoms with Gasteiger partial charge in [0.15, 0.2) is 0 Å². The fourth-order valence-electron chi connectivity index (χ4n) is 1.26. The molecule has 0 fully saturated rings. The summed E-state index contributed by atoms with van der Waals surface area (Å²) in [5, 5.41) is 0. The third-order valence-corrected chi connectivity index (χ3v) is 2.06. The van der Waals surface area contributed by atoms with Gasteiger partial charge in [0.1, 0.15) is 11.6 Å². The van der Waals surface area contributed by atoms with Crippen molar-refractivity contribution < 1.29 is 9.53 Å². The number of carbonyl (C=O) groups excluding carboxylic acids is 1. The minimum Gasteiger partial charge on any atom is -0.459 e. The zero-order chi connectivity index (χ0) is 12.3. The van der Waals surface area contributed by atoms with Crippen molar-refractivity contribution in [3.8, 4) is 0 Å². The van der Waals surface area contributed by atoms with Gasteiger partial charge in [-0.15, -0.1) is 0 Å². The highest BCUT2D eigenvalue weighted by Crippen LogP contribution is 2.10. The number of nitrogens with zero attached hydrogens (tertiary/aromatic N) is 1. The number of hydrogen-bond donors (Lipinski definition) is 2. The van der Waals surface area contributed by atoms with Crippen molar-refractivity contribution >= 4 is 5.97 Å². The predicted octanol–water partition coefficient (Wildman–Crippen LogP) is 0.930. The first-order chi connectivity index (χ1) is 7.29. The number of H-pyrrole nitrogens is 1. The van der Waals surface area contributed by atoms with Crippen LogP contribution in [0, 0.1) is 6.92 Å². The van der Waals surface area contributed by atoms with E-state index in [2.05, 4.69) is 9.97 Å². The summed E-state index contributed by atoms with van der Waals surface area (Å²) in [4.78, 5) is 18.6. The number of carbonyl (C=O) groups is 1. The maximum absolute atomic E-state index is 11.6. The van der Waals surface area contributed by atoms with Crippen LogP contribution in [0.15, 0.2) is 6.33 Å². The molecule has 0 saturated heterocycles. The van der Waals surface area contributed by atoms with Crippen molar-refractivity contribution in [2.45, 2.75) is 45.8 Å². The van der Waals surface area contributed by atoms with Crippen molar-refractivity contribution in [3.05, 3.63) is 17.7 Å². The third-order valence-electron chi connectivity index (χ3n) is 2.06. The maximum atomic E-state index is 11.6. The summed E-state index contributed by atoms with van der Waals surface area (Å²) in [5.74, 6) is -0.394. The Morgan fingerprint density at radius 2 is 2.25 bits per heavy atom. The molecule has 3 N–H and O–H groups in total. The molecule has 1 unspecified atom stereocenters. The van der Waals surface area contributed by atoms with Crippen LogP contribution in [0.3, 0.4) is 0 Å². The quantitative estimate of drug-likeness (QED) is 0.750. The Labute approximate surface area is 95.4 Å². The smallest absolute Gasteiger partial charge is 0.323 e. The van der Waals surface area contributed by atoms with Gasteiger partial charge in [-0.05, 0) is 27.7 Å². The molecule has 0 bridgehead atoms. The summed E-state index contributed by atoms with van der Waals surface area (Å²) < 4.78 is 5.19. The number of esters is 1. The summed E-state index contributed by atoms with van der Waals surface area (Å²) in [7, 11) is 0. The van der Waals surface area contributed by atoms with Gasteiger partial charge in [0.25, 0.3) is 0 Å². The molecular formula is C11H19N3O2. The molecule has 0 radical (unpaired) electrons. The Kier molecular flexibility index (Phi) is 3.70. The first-order valence-corrected chi connectivity index (χ1v) is 5.27. The van der Waals surface area contributed by atoms with E-state index in [9.17, 15) is 4.79 Å². The van der Waals surface area contributed by atoms with Gasteiger partial charge in [0, 0.05) is 12.1 Å². The summed E-state index contributed by atoms with van der Waals surface area (Å²) in [6, 6.07) is -0.666. The van der Waals surface area contributed by atoms with E-state index in [1.165, 1.54) is 0 Å². The largest absolute Gasteiger partial charge is 0.459 e. The highest BCUT2D eigenvalue weighted by molar-refractivity contribution is 5.76. The van der Waals surface area contributed by atoms with Gasteiger partial charge >= 0.3 is 5.97 Å². The van der Waals surface area contributed by atoms with Crippen LogP contribution < -0.4 is 5.73 Å². The van der Waals surface area contributed by atoms with Crippen LogP contribution in [0.4, 0.5) is 0 Å². The lowest BCUT2D eigenvalue weighted by Gasteiger charge is -2.21. The van der Waals surface area contributed by atoms with Crippen molar-refractivity contribution in [3.63, 3.8) is 0 Å². The number of nitrogens with two attached hydrogens (primary N) is 1. The lowest BCUT2D eigenvalue weighted by Crippen LogP contribution is -2.39. The SMILES string of the molecule is Cc1[nH]cnc1CC(N)C(=O)OC(C)(C)C. The van der Waals surface area contributed by atoms with Crippen molar-refractivity contribution in [1.82, 2.24) is 9.97 Å². The van der Waals surface area contributed by atoms with Gasteiger partial charge in [0.2, 0.25) is 0 Å². The van der Waals surface area contributed by atoms with Crippen molar-refractivity contribution in [2.75, 3.05) is 0 Å². The van der Waals surface area contributed by atoms with Gasteiger partial charge in [-0.25, -0.2) is 4.98 Å². The van der Waals surface area contributed by atoms with Crippen LogP contribution in [0.2, 0.25) is 0 Å². The summed E-state index contributed by atoms with van der Waals surface area (Å²) in [6.07, 6.45) is 1.98. The van der Waals surface area contributed by atoms with Crippen LogP contribution in [-0.2, 0) is 16.0 Å². The van der Waals surface area contributed by atoms with Crippen LogP contribution in [-0.4, -0.2) is 27.6 Å². The van der Waals surface area contributed by atoms with Crippen molar-refractivity contribution in [2.24, 2.45) is 5.73 Å². The Morgan fingerprint density at radius 3 is 2.69 bits per heavy atom. The topological polar surface area (TPSA) is 81.0 Å². The van der Waals surface area contributed by atoms with Crippen LogP contribution in [0.1, 0.15) is 32.2 Å². The maximum Gasteiger partial charge on any atom is 0.323 e. The number of aromatic nitrogens is 2. The van der Waals surface area contributed by atoms with E-state index in [0.29, 0.717) is 6.42 Å². The lowest BCUT2D eigenvalue weighted by molar-refractivity contribution is -0.156. The van der Waals surface area contributed by atoms with E-state index in [4.69, 9.17) is 10.5 Å². The molecular weight excluding hydrogens is 206 g/mol. The van der Waals surface area contributed by atoms with Gasteiger partial charge in [-0.2, -0.15) is 0 Å². The monoisotopic (exact) mass is 225 g/mol. The van der Waals surface area contributed by atoms with Crippen molar-refractivity contribution in [1.29, 1.82) is 0 Å². The third kappa shape index (κ3) is 3.66. The van der Waals surface area contributed by atoms with Gasteiger partial charge in [0.05, 0.1) is 12.0 Å². The van der Waals surface area contributed by atoms with E-state index in [1.807, 2.05) is 27.7 Å². The average Bonchev–Trinajstić information content (AvgIpc) is 2.49. The highest BCUT2D eigenvalue weighted by atomic mass is 16.6. The summed E-state index contributed by atoms with van der Waals surface area (Å²) in [5.41, 5.74) is 6.99. The molecule has 0 spiro atoms. The molecule has 0 aliphatic rings. The molecule has 5 heteroatoms. The zero-order valence-electron chi connectivity index (χ0n) is 10.2. The van der Waals surface area contributed by atoms with E-state index in [0.717, 1.165) is 11.4 Å². The standard InChI is InChI=1S/C11H19N3O2/c1-7-9(14-6-13-7)5-8(12)10(15)16-11(2,3)4/h6,8H,5,12H2,1-4H3,(H,13,14). The molecule has 0 saturated carbocycles. The zero-order valence-corrected chi connectivity index (χ0v) is 10.2. The Bertz CT molecular complexity index is 366. The summed E-state index contributed by atoms with van der Waals surface area (Å²) >= 11 is 0. The number of rotatable bonds is 3. The minimum atomic E-state index is -0.666. The van der Waals surface area contributed by atoms with E-state index < -0.39 is 17.6 Å². The molecule has 0 aliphatic heterocycles. The fraction of sp³-hybridized carbons (Fsp3) is 0.636. The minimum absolute atomic E-state index is 0.393. The number of ether oxygens (including phenoxy) is 1. The second-order valence-corrected chi connectivity index (χ2v) is 4.82. The lowest BCUT2D eigenvalue weighted by atomic mass is 10.1. The average molecular weight is 225 g/mol. The molecule has 1 rings (SSSR count). The van der Waals surface area contributed by atoms with E-state index >= 15 is 0 Å². The van der Waals surface area contributed by atoms with Crippen LogP contribution >= 0.6 is 0 Å². The molecule has 1 atom stereocenters. The van der Waals surface area contributed by atoms with E-state index in [-0.39, 0.29) is 0 Å². The molecule has 1 aromatic rings. The Hall–Kier alpha value is -1.36. The first kappa shape index (κ1) is 12.7. The Morgan fingerprint density at radius 1 is 1.62 bits per heavy atom. The normalized spacial score (nSPS) is 13.6. The number of aromatic amines is 1. The molecule has 1 heterocycles.